The van der Waals surface area contributed by atoms with Crippen LogP contribution in [0.1, 0.15) is 36.0 Å². The molecule has 6 heteroatoms. The van der Waals surface area contributed by atoms with Crippen LogP contribution >= 0.6 is 0 Å². The monoisotopic (exact) mass is 339 g/mol. The lowest BCUT2D eigenvalue weighted by Gasteiger charge is -2.23. The largest absolute Gasteiger partial charge is 0.366 e. The molecule has 1 atom stereocenters. The minimum absolute atomic E-state index is 0.190. The van der Waals surface area contributed by atoms with Gasteiger partial charge in [0.05, 0.1) is 16.6 Å². The van der Waals surface area contributed by atoms with E-state index < -0.39 is 17.7 Å². The van der Waals surface area contributed by atoms with Gasteiger partial charge in [0.25, 0.3) is 5.91 Å². The number of nitrogens with two attached hydrogens (primary N) is 1. The molecule has 25 heavy (non-hydrogen) atoms. The normalized spacial score (nSPS) is 21.2. The number of fused-ring (bicyclic) bond motifs is 1. The summed E-state index contributed by atoms with van der Waals surface area (Å²) in [6.45, 7) is 1.54. The van der Waals surface area contributed by atoms with Crippen molar-refractivity contribution in [2.24, 2.45) is 5.73 Å². The average Bonchev–Trinajstić information content (AvgIpc) is 2.99. The fourth-order valence-corrected chi connectivity index (χ4v) is 3.28. The molecule has 0 aliphatic carbocycles. The minimum Gasteiger partial charge on any atom is -0.366 e. The quantitative estimate of drug-likeness (QED) is 0.771. The number of halogens is 1. The molecule has 2 heterocycles. The van der Waals surface area contributed by atoms with Gasteiger partial charge in [-0.05, 0) is 55.1 Å². The van der Waals surface area contributed by atoms with Gasteiger partial charge in [-0.1, -0.05) is 18.2 Å². The second kappa shape index (κ2) is 6.29. The number of rotatable bonds is 3. The standard InChI is InChI=1S/C19H19FN4O/c20-18-15-4-1-5-16(19(21)25)17(15)23-24(18)14-8-6-12(7-9-14)13-3-2-10-22-11-13/h1,4-9,13,22H,2-3,10-11H2,(H2,21,25)/t13-/m1/s1/i13D. The molecule has 1 aliphatic rings. The predicted molar refractivity (Wildman–Crippen MR) is 94.4 cm³/mol. The Bertz CT molecular complexity index is 977. The van der Waals surface area contributed by atoms with Crippen LogP contribution < -0.4 is 11.1 Å². The van der Waals surface area contributed by atoms with Crippen LogP contribution in [-0.4, -0.2) is 28.8 Å². The molecule has 1 aromatic heterocycles. The summed E-state index contributed by atoms with van der Waals surface area (Å²) in [6, 6.07) is 11.9. The maximum atomic E-state index is 14.8. The van der Waals surface area contributed by atoms with Crippen LogP contribution in [0.4, 0.5) is 4.39 Å². The van der Waals surface area contributed by atoms with Crippen molar-refractivity contribution in [3.8, 4) is 5.69 Å². The van der Waals surface area contributed by atoms with Crippen molar-refractivity contribution in [3.05, 3.63) is 59.5 Å². The number of hydrogen-bond donors (Lipinski definition) is 2. The number of nitrogens with zero attached hydrogens (tertiary/aromatic N) is 2. The average molecular weight is 339 g/mol. The van der Waals surface area contributed by atoms with Crippen LogP contribution in [0.5, 0.6) is 0 Å². The molecule has 1 saturated heterocycles. The Balaban J connectivity index is 1.75. The smallest absolute Gasteiger partial charge is 0.250 e. The zero-order chi connectivity index (χ0) is 18.3. The number of hydrogen-bond acceptors (Lipinski definition) is 3. The van der Waals surface area contributed by atoms with Crippen molar-refractivity contribution in [1.82, 2.24) is 15.1 Å². The molecule has 0 saturated carbocycles. The molecule has 3 N–H and O–H groups in total. The predicted octanol–water partition coefficient (Wildman–Crippen LogP) is 2.73. The maximum Gasteiger partial charge on any atom is 0.250 e. The second-order valence-corrected chi connectivity index (χ2v) is 6.20. The molecule has 1 fully saturated rings. The highest BCUT2D eigenvalue weighted by Crippen LogP contribution is 2.26. The minimum atomic E-state index is -0.663. The lowest BCUT2D eigenvalue weighted by Crippen LogP contribution is -2.28. The Labute approximate surface area is 146 Å². The van der Waals surface area contributed by atoms with E-state index >= 15 is 0 Å². The van der Waals surface area contributed by atoms with E-state index in [1.807, 2.05) is 12.1 Å². The maximum absolute atomic E-state index is 14.8. The van der Waals surface area contributed by atoms with Gasteiger partial charge in [0.2, 0.25) is 5.95 Å². The van der Waals surface area contributed by atoms with Crippen molar-refractivity contribution >= 4 is 16.8 Å². The Kier molecular flexibility index (Phi) is 3.67. The van der Waals surface area contributed by atoms with Crippen LogP contribution in [0, 0.1) is 5.95 Å². The fourth-order valence-electron chi connectivity index (χ4n) is 3.28. The van der Waals surface area contributed by atoms with Gasteiger partial charge in [-0.2, -0.15) is 9.49 Å². The number of aromatic nitrogens is 2. The van der Waals surface area contributed by atoms with Gasteiger partial charge >= 0.3 is 0 Å². The second-order valence-electron chi connectivity index (χ2n) is 6.20. The fraction of sp³-hybridized carbons (Fsp3) is 0.263. The van der Waals surface area contributed by atoms with Crippen molar-refractivity contribution in [1.29, 1.82) is 0 Å². The Morgan fingerprint density at radius 1 is 1.32 bits per heavy atom. The van der Waals surface area contributed by atoms with Crippen LogP contribution in [0.2, 0.25) is 0 Å². The molecular weight excluding hydrogens is 319 g/mol. The summed E-state index contributed by atoms with van der Waals surface area (Å²) >= 11 is 0. The molecule has 5 nitrogen and oxygen atoms in total. The lowest BCUT2D eigenvalue weighted by atomic mass is 9.92. The van der Waals surface area contributed by atoms with E-state index in [9.17, 15) is 9.18 Å². The van der Waals surface area contributed by atoms with E-state index in [-0.39, 0.29) is 16.5 Å². The van der Waals surface area contributed by atoms with Crippen molar-refractivity contribution in [2.45, 2.75) is 18.7 Å². The summed E-state index contributed by atoms with van der Waals surface area (Å²) in [6.07, 6.45) is 1.75. The molecule has 1 amide bonds. The zero-order valence-corrected chi connectivity index (χ0v) is 13.6. The van der Waals surface area contributed by atoms with E-state index in [1.54, 1.807) is 24.3 Å². The molecule has 128 valence electrons. The van der Waals surface area contributed by atoms with Gasteiger partial charge in [0, 0.05) is 7.92 Å². The molecule has 0 bridgehead atoms. The van der Waals surface area contributed by atoms with E-state index in [0.717, 1.165) is 29.6 Å². The lowest BCUT2D eigenvalue weighted by molar-refractivity contribution is 0.100. The summed E-state index contributed by atoms with van der Waals surface area (Å²) in [5, 5.41) is 7.75. The van der Waals surface area contributed by atoms with Gasteiger partial charge in [0.15, 0.2) is 0 Å². The number of benzene rings is 2. The van der Waals surface area contributed by atoms with E-state index in [1.165, 1.54) is 6.07 Å². The van der Waals surface area contributed by atoms with Gasteiger partial charge in [-0.3, -0.25) is 4.79 Å². The highest BCUT2D eigenvalue weighted by Gasteiger charge is 2.18. The molecular formula is C19H19FN4O. The molecule has 2 aromatic carbocycles. The molecule has 4 rings (SSSR count). The Morgan fingerprint density at radius 3 is 2.80 bits per heavy atom. The number of nitrogens with one attached hydrogen (secondary N) is 1. The van der Waals surface area contributed by atoms with Crippen LogP contribution in [0.3, 0.4) is 0 Å². The number of amides is 1. The van der Waals surface area contributed by atoms with Gasteiger partial charge < -0.3 is 11.1 Å². The van der Waals surface area contributed by atoms with Crippen LogP contribution in [-0.2, 0) is 0 Å². The van der Waals surface area contributed by atoms with Crippen molar-refractivity contribution in [2.75, 3.05) is 13.1 Å². The first-order valence-electron chi connectivity index (χ1n) is 8.78. The van der Waals surface area contributed by atoms with Crippen molar-refractivity contribution in [3.63, 3.8) is 0 Å². The van der Waals surface area contributed by atoms with Crippen LogP contribution in [0.15, 0.2) is 42.5 Å². The third-order valence-corrected chi connectivity index (χ3v) is 4.60. The summed E-state index contributed by atoms with van der Waals surface area (Å²) < 4.78 is 24.6. The third kappa shape index (κ3) is 2.78. The van der Waals surface area contributed by atoms with Crippen LogP contribution in [0.25, 0.3) is 16.6 Å². The Morgan fingerprint density at radius 2 is 2.12 bits per heavy atom. The molecule has 0 spiro atoms. The first-order chi connectivity index (χ1) is 12.5. The highest BCUT2D eigenvalue weighted by atomic mass is 19.1. The van der Waals surface area contributed by atoms with E-state index in [0.29, 0.717) is 12.2 Å². The third-order valence-electron chi connectivity index (χ3n) is 4.60. The zero-order valence-electron chi connectivity index (χ0n) is 14.6. The number of piperidine rings is 1. The van der Waals surface area contributed by atoms with Gasteiger partial charge in [-0.25, -0.2) is 4.68 Å². The summed E-state index contributed by atoms with van der Waals surface area (Å²) in [5.41, 5.74) is 7.22. The topological polar surface area (TPSA) is 72.9 Å². The number of carbonyl (C=O) groups excluding carboxylic acids is 1. The summed E-state index contributed by atoms with van der Waals surface area (Å²) in [7, 11) is 0. The first-order valence-corrected chi connectivity index (χ1v) is 8.28. The van der Waals surface area contributed by atoms with Gasteiger partial charge in [0.1, 0.15) is 5.52 Å². The summed E-state index contributed by atoms with van der Waals surface area (Å²) in [4.78, 5) is 11.6. The van der Waals surface area contributed by atoms with E-state index in [4.69, 9.17) is 7.10 Å². The number of primary amides is 1. The van der Waals surface area contributed by atoms with Gasteiger partial charge in [-0.15, -0.1) is 0 Å². The highest BCUT2D eigenvalue weighted by molar-refractivity contribution is 6.04. The SMILES string of the molecule is [2H][C@@]1(c2ccc(-n3nc4c(C(N)=O)cccc4c3F)cc2)CCCNC1. The molecule has 1 aliphatic heterocycles. The molecule has 0 unspecified atom stereocenters. The van der Waals surface area contributed by atoms with E-state index in [2.05, 4.69) is 10.4 Å². The molecule has 3 aromatic rings. The van der Waals surface area contributed by atoms with Crippen molar-refractivity contribution < 1.29 is 10.6 Å². The number of carbonyl (C=O) groups is 1. The Hall–Kier alpha value is -2.73. The molecule has 0 radical (unpaired) electrons. The first kappa shape index (κ1) is 14.6. The summed E-state index contributed by atoms with van der Waals surface area (Å²) in [5.74, 6) is -1.85.